The third-order valence-corrected chi connectivity index (χ3v) is 2.02. The summed E-state index contributed by atoms with van der Waals surface area (Å²) in [6, 6.07) is 0. The van der Waals surface area contributed by atoms with Crippen molar-refractivity contribution in [2.75, 3.05) is 26.4 Å². The smallest absolute Gasteiger partial charge is 0.246 e. The van der Waals surface area contributed by atoms with Crippen molar-refractivity contribution in [3.8, 4) is 0 Å². The van der Waals surface area contributed by atoms with Crippen molar-refractivity contribution in [2.24, 2.45) is 5.41 Å². The Morgan fingerprint density at radius 2 is 1.71 bits per heavy atom. The fraction of sp³-hybridized carbons (Fsp3) is 0.667. The van der Waals surface area contributed by atoms with Crippen LogP contribution in [-0.2, 0) is 4.79 Å². The molecule has 0 rings (SSSR count). The molecule has 0 saturated carbocycles. The maximum atomic E-state index is 11.1. The van der Waals surface area contributed by atoms with Crippen molar-refractivity contribution in [3.63, 3.8) is 0 Å². The van der Waals surface area contributed by atoms with Crippen molar-refractivity contribution < 1.29 is 20.1 Å². The molecule has 0 fully saturated rings. The number of rotatable bonds is 6. The summed E-state index contributed by atoms with van der Waals surface area (Å²) in [5.74, 6) is -0.357. The van der Waals surface area contributed by atoms with Crippen LogP contribution in [0, 0.1) is 5.41 Å². The van der Waals surface area contributed by atoms with E-state index in [-0.39, 0.29) is 12.5 Å². The molecule has 0 atom stereocenters. The van der Waals surface area contributed by atoms with Gasteiger partial charge in [0.2, 0.25) is 5.91 Å². The summed E-state index contributed by atoms with van der Waals surface area (Å²) in [6.45, 7) is 3.82. The number of hydrogen-bond donors (Lipinski definition) is 4. The van der Waals surface area contributed by atoms with E-state index in [1.54, 1.807) is 6.92 Å². The van der Waals surface area contributed by atoms with Crippen molar-refractivity contribution in [1.29, 1.82) is 0 Å². The van der Waals surface area contributed by atoms with Crippen LogP contribution < -0.4 is 5.32 Å². The van der Waals surface area contributed by atoms with Gasteiger partial charge in [-0.15, -0.1) is 0 Å². The van der Waals surface area contributed by atoms with Gasteiger partial charge in [0.25, 0.3) is 0 Å². The molecular formula is C9H17NO4. The largest absolute Gasteiger partial charge is 0.396 e. The summed E-state index contributed by atoms with van der Waals surface area (Å²) in [7, 11) is 0. The minimum atomic E-state index is -1.06. The van der Waals surface area contributed by atoms with Gasteiger partial charge in [-0.2, -0.15) is 0 Å². The first-order valence-corrected chi connectivity index (χ1v) is 4.27. The van der Waals surface area contributed by atoms with E-state index in [9.17, 15) is 4.79 Å². The number of carbonyl (C=O) groups excluding carboxylic acids is 1. The Morgan fingerprint density at radius 1 is 1.29 bits per heavy atom. The van der Waals surface area contributed by atoms with Gasteiger partial charge in [-0.25, -0.2) is 0 Å². The van der Waals surface area contributed by atoms with E-state index in [1.807, 2.05) is 0 Å². The lowest BCUT2D eigenvalue weighted by Gasteiger charge is -2.27. The monoisotopic (exact) mass is 203 g/mol. The van der Waals surface area contributed by atoms with Gasteiger partial charge in [0.1, 0.15) is 0 Å². The van der Waals surface area contributed by atoms with Crippen LogP contribution in [0.15, 0.2) is 12.2 Å². The van der Waals surface area contributed by atoms with E-state index in [1.165, 1.54) is 0 Å². The summed E-state index contributed by atoms with van der Waals surface area (Å²) in [5, 5.41) is 29.3. The van der Waals surface area contributed by atoms with Gasteiger partial charge >= 0.3 is 0 Å². The average Bonchev–Trinajstić information content (AvgIpc) is 2.20. The highest BCUT2D eigenvalue weighted by Crippen LogP contribution is 2.12. The number of hydrogen-bond acceptors (Lipinski definition) is 4. The van der Waals surface area contributed by atoms with Crippen LogP contribution in [0.3, 0.4) is 0 Å². The Labute approximate surface area is 83.1 Å². The fourth-order valence-electron chi connectivity index (χ4n) is 0.736. The van der Waals surface area contributed by atoms with Crippen molar-refractivity contribution in [2.45, 2.75) is 6.92 Å². The van der Waals surface area contributed by atoms with Crippen LogP contribution in [0.2, 0.25) is 0 Å². The second kappa shape index (κ2) is 5.74. The lowest BCUT2D eigenvalue weighted by atomic mass is 9.91. The van der Waals surface area contributed by atoms with Gasteiger partial charge in [-0.1, -0.05) is 6.58 Å². The second-order valence-corrected chi connectivity index (χ2v) is 3.44. The number of nitrogens with one attached hydrogen (secondary N) is 1. The summed E-state index contributed by atoms with van der Waals surface area (Å²) in [6.07, 6.45) is 0. The predicted octanol–water partition coefficient (Wildman–Crippen LogP) is -1.36. The molecule has 0 unspecified atom stereocenters. The third-order valence-electron chi connectivity index (χ3n) is 2.02. The average molecular weight is 203 g/mol. The SMILES string of the molecule is C=C(C)C(=O)NCC(CO)(CO)CO. The number of carbonyl (C=O) groups is 1. The van der Waals surface area contributed by atoms with E-state index in [4.69, 9.17) is 15.3 Å². The van der Waals surface area contributed by atoms with Crippen molar-refractivity contribution in [1.82, 2.24) is 5.32 Å². The molecule has 0 saturated heterocycles. The van der Waals surface area contributed by atoms with Gasteiger partial charge < -0.3 is 20.6 Å². The van der Waals surface area contributed by atoms with Crippen LogP contribution in [0.25, 0.3) is 0 Å². The molecule has 82 valence electrons. The molecule has 0 spiro atoms. The Hall–Kier alpha value is -0.910. The van der Waals surface area contributed by atoms with Crippen LogP contribution in [-0.4, -0.2) is 47.6 Å². The quantitative estimate of drug-likeness (QED) is 0.401. The summed E-state index contributed by atoms with van der Waals surface area (Å²) in [5.41, 5.74) is -0.724. The van der Waals surface area contributed by atoms with Gasteiger partial charge in [0.15, 0.2) is 0 Å². The molecular weight excluding hydrogens is 186 g/mol. The molecule has 0 aromatic rings. The van der Waals surface area contributed by atoms with E-state index in [0.717, 1.165) is 0 Å². The Bertz CT molecular complexity index is 203. The molecule has 0 aromatic carbocycles. The van der Waals surface area contributed by atoms with Crippen LogP contribution >= 0.6 is 0 Å². The highest BCUT2D eigenvalue weighted by molar-refractivity contribution is 5.92. The maximum absolute atomic E-state index is 11.1. The first kappa shape index (κ1) is 13.1. The zero-order valence-electron chi connectivity index (χ0n) is 8.29. The molecule has 0 bridgehead atoms. The van der Waals surface area contributed by atoms with E-state index < -0.39 is 25.2 Å². The van der Waals surface area contributed by atoms with Gasteiger partial charge in [-0.3, -0.25) is 4.79 Å². The molecule has 0 radical (unpaired) electrons. The number of amides is 1. The molecule has 4 N–H and O–H groups in total. The molecule has 0 aliphatic rings. The Morgan fingerprint density at radius 3 is 2.00 bits per heavy atom. The summed E-state index contributed by atoms with van der Waals surface area (Å²) in [4.78, 5) is 11.1. The topological polar surface area (TPSA) is 89.8 Å². The highest BCUT2D eigenvalue weighted by atomic mass is 16.3. The molecule has 0 aliphatic heterocycles. The van der Waals surface area contributed by atoms with Crippen LogP contribution in [0.1, 0.15) is 6.92 Å². The first-order chi connectivity index (χ1) is 6.51. The zero-order chi connectivity index (χ0) is 11.2. The number of aliphatic hydroxyl groups excluding tert-OH is 3. The standard InChI is InChI=1S/C9H17NO4/c1-7(2)8(14)10-3-9(4-11,5-12)6-13/h11-13H,1,3-6H2,2H3,(H,10,14). The molecule has 0 heterocycles. The second-order valence-electron chi connectivity index (χ2n) is 3.44. The van der Waals surface area contributed by atoms with Gasteiger partial charge in [-0.05, 0) is 6.92 Å². The summed E-state index contributed by atoms with van der Waals surface area (Å²) >= 11 is 0. The highest BCUT2D eigenvalue weighted by Gasteiger charge is 2.28. The van der Waals surface area contributed by atoms with Gasteiger partial charge in [0, 0.05) is 12.1 Å². The molecule has 0 aromatic heterocycles. The molecule has 5 nitrogen and oxygen atoms in total. The molecule has 0 aliphatic carbocycles. The normalized spacial score (nSPS) is 11.1. The molecule has 14 heavy (non-hydrogen) atoms. The summed E-state index contributed by atoms with van der Waals surface area (Å²) < 4.78 is 0. The van der Waals surface area contributed by atoms with Gasteiger partial charge in [0.05, 0.1) is 25.2 Å². The molecule has 1 amide bonds. The van der Waals surface area contributed by atoms with Crippen LogP contribution in [0.5, 0.6) is 0 Å². The zero-order valence-corrected chi connectivity index (χ0v) is 8.29. The van der Waals surface area contributed by atoms with Crippen LogP contribution in [0.4, 0.5) is 0 Å². The fourth-order valence-corrected chi connectivity index (χ4v) is 0.736. The number of aliphatic hydroxyl groups is 3. The minimum Gasteiger partial charge on any atom is -0.396 e. The minimum absolute atomic E-state index is 0.0161. The van der Waals surface area contributed by atoms with Crippen molar-refractivity contribution in [3.05, 3.63) is 12.2 Å². The van der Waals surface area contributed by atoms with E-state index >= 15 is 0 Å². The maximum Gasteiger partial charge on any atom is 0.246 e. The first-order valence-electron chi connectivity index (χ1n) is 4.27. The predicted molar refractivity (Wildman–Crippen MR) is 51.5 cm³/mol. The third kappa shape index (κ3) is 3.45. The van der Waals surface area contributed by atoms with E-state index in [0.29, 0.717) is 5.57 Å². The van der Waals surface area contributed by atoms with E-state index in [2.05, 4.69) is 11.9 Å². The lowest BCUT2D eigenvalue weighted by Crippen LogP contribution is -2.45. The lowest BCUT2D eigenvalue weighted by molar-refractivity contribution is -0.118. The Balaban J connectivity index is 4.19. The Kier molecular flexibility index (Phi) is 5.37. The van der Waals surface area contributed by atoms with Crippen molar-refractivity contribution >= 4 is 5.91 Å². The molecule has 5 heteroatoms.